The Balaban J connectivity index is 2.44. The van der Waals surface area contributed by atoms with Gasteiger partial charge in [0, 0.05) is 17.6 Å². The third kappa shape index (κ3) is 3.58. The summed E-state index contributed by atoms with van der Waals surface area (Å²) in [5, 5.41) is 2.56. The van der Waals surface area contributed by atoms with Crippen LogP contribution in [0.25, 0.3) is 0 Å². The van der Waals surface area contributed by atoms with Crippen molar-refractivity contribution in [2.45, 2.75) is 20.4 Å². The number of aromatic nitrogens is 1. The standard InChI is InChI=1S/C15H14BrFN2O2/c1-9-13(16)8-19(15(21)14(9)18-10(2)20)7-11-3-5-12(17)6-4-11/h3-6,8H,7H2,1-2H3,(H,18,20). The van der Waals surface area contributed by atoms with Crippen LogP contribution in [-0.4, -0.2) is 10.5 Å². The van der Waals surface area contributed by atoms with Gasteiger partial charge in [0.1, 0.15) is 11.5 Å². The first-order chi connectivity index (χ1) is 9.88. The van der Waals surface area contributed by atoms with Gasteiger partial charge in [0.05, 0.1) is 6.54 Å². The molecule has 0 atom stereocenters. The molecule has 0 radical (unpaired) electrons. The fourth-order valence-corrected chi connectivity index (χ4v) is 2.39. The highest BCUT2D eigenvalue weighted by Gasteiger charge is 2.12. The van der Waals surface area contributed by atoms with Crippen LogP contribution in [0.1, 0.15) is 18.1 Å². The molecule has 4 nitrogen and oxygen atoms in total. The van der Waals surface area contributed by atoms with Gasteiger partial charge in [-0.1, -0.05) is 12.1 Å². The predicted molar refractivity (Wildman–Crippen MR) is 82.9 cm³/mol. The summed E-state index contributed by atoms with van der Waals surface area (Å²) in [6.45, 7) is 3.40. The smallest absolute Gasteiger partial charge is 0.274 e. The van der Waals surface area contributed by atoms with Crippen molar-refractivity contribution < 1.29 is 9.18 Å². The van der Waals surface area contributed by atoms with Crippen molar-refractivity contribution in [1.29, 1.82) is 0 Å². The van der Waals surface area contributed by atoms with Crippen LogP contribution in [0.5, 0.6) is 0 Å². The fraction of sp³-hybridized carbons (Fsp3) is 0.200. The van der Waals surface area contributed by atoms with Crippen LogP contribution >= 0.6 is 15.9 Å². The molecule has 0 aliphatic rings. The number of rotatable bonds is 3. The van der Waals surface area contributed by atoms with E-state index in [4.69, 9.17) is 0 Å². The molecule has 1 aromatic carbocycles. The summed E-state index contributed by atoms with van der Waals surface area (Å²) < 4.78 is 15.1. The molecule has 1 amide bonds. The minimum atomic E-state index is -0.324. The summed E-state index contributed by atoms with van der Waals surface area (Å²) in [5.74, 6) is -0.628. The zero-order valence-corrected chi connectivity index (χ0v) is 13.2. The Hall–Kier alpha value is -1.95. The van der Waals surface area contributed by atoms with Crippen molar-refractivity contribution in [3.8, 4) is 0 Å². The summed E-state index contributed by atoms with van der Waals surface area (Å²) >= 11 is 3.37. The van der Waals surface area contributed by atoms with Crippen LogP contribution in [0.15, 0.2) is 39.7 Å². The molecular formula is C15H14BrFN2O2. The second kappa shape index (κ2) is 6.22. The number of halogens is 2. The van der Waals surface area contributed by atoms with Crippen molar-refractivity contribution >= 4 is 27.5 Å². The Kier molecular flexibility index (Phi) is 4.57. The van der Waals surface area contributed by atoms with Crippen LogP contribution in [-0.2, 0) is 11.3 Å². The Morgan fingerprint density at radius 3 is 2.52 bits per heavy atom. The zero-order valence-electron chi connectivity index (χ0n) is 11.6. The maximum Gasteiger partial charge on any atom is 0.274 e. The summed E-state index contributed by atoms with van der Waals surface area (Å²) in [5.41, 5.74) is 1.42. The molecule has 0 saturated carbocycles. The Bertz CT molecular complexity index is 739. The molecule has 2 rings (SSSR count). The Morgan fingerprint density at radius 1 is 1.33 bits per heavy atom. The number of anilines is 1. The first-order valence-electron chi connectivity index (χ1n) is 6.30. The number of nitrogens with one attached hydrogen (secondary N) is 1. The van der Waals surface area contributed by atoms with Crippen molar-refractivity contribution in [2.75, 3.05) is 5.32 Å². The second-order valence-corrected chi connectivity index (χ2v) is 5.57. The van der Waals surface area contributed by atoms with Crippen LogP contribution in [0.3, 0.4) is 0 Å². The Labute approximate surface area is 129 Å². The monoisotopic (exact) mass is 352 g/mol. The highest BCUT2D eigenvalue weighted by atomic mass is 79.9. The second-order valence-electron chi connectivity index (χ2n) is 4.72. The Morgan fingerprint density at radius 2 is 1.95 bits per heavy atom. The topological polar surface area (TPSA) is 51.1 Å². The van der Waals surface area contributed by atoms with Crippen LogP contribution < -0.4 is 10.9 Å². The van der Waals surface area contributed by atoms with Crippen molar-refractivity contribution in [3.63, 3.8) is 0 Å². The van der Waals surface area contributed by atoms with Gasteiger partial charge >= 0.3 is 0 Å². The highest BCUT2D eigenvalue weighted by Crippen LogP contribution is 2.20. The summed E-state index contributed by atoms with van der Waals surface area (Å²) in [6.07, 6.45) is 1.66. The summed E-state index contributed by atoms with van der Waals surface area (Å²) in [7, 11) is 0. The first kappa shape index (κ1) is 15.4. The lowest BCUT2D eigenvalue weighted by molar-refractivity contribution is -0.114. The molecule has 0 unspecified atom stereocenters. The minimum Gasteiger partial charge on any atom is -0.321 e. The predicted octanol–water partition coefficient (Wildman–Crippen LogP) is 3.07. The van der Waals surface area contributed by atoms with Gasteiger partial charge in [-0.15, -0.1) is 0 Å². The van der Waals surface area contributed by atoms with Gasteiger partial charge in [-0.25, -0.2) is 4.39 Å². The number of benzene rings is 1. The van der Waals surface area contributed by atoms with Crippen molar-refractivity contribution in [3.05, 3.63) is 62.2 Å². The van der Waals surface area contributed by atoms with Gasteiger partial charge in [0.25, 0.3) is 5.56 Å². The quantitative estimate of drug-likeness (QED) is 0.922. The van der Waals surface area contributed by atoms with Gasteiger partial charge in [-0.2, -0.15) is 0 Å². The molecule has 0 saturated heterocycles. The number of amides is 1. The van der Waals surface area contributed by atoms with Crippen LogP contribution in [0, 0.1) is 12.7 Å². The third-order valence-electron chi connectivity index (χ3n) is 3.04. The highest BCUT2D eigenvalue weighted by molar-refractivity contribution is 9.10. The average Bonchev–Trinajstić information content (AvgIpc) is 2.43. The minimum absolute atomic E-state index is 0.249. The van der Waals surface area contributed by atoms with E-state index in [2.05, 4.69) is 21.2 Å². The summed E-state index contributed by atoms with van der Waals surface area (Å²) in [6, 6.07) is 5.93. The van der Waals surface area contributed by atoms with E-state index in [9.17, 15) is 14.0 Å². The van der Waals surface area contributed by atoms with Crippen LogP contribution in [0.2, 0.25) is 0 Å². The molecule has 6 heteroatoms. The lowest BCUT2D eigenvalue weighted by Crippen LogP contribution is -2.26. The molecular weight excluding hydrogens is 339 g/mol. The first-order valence-corrected chi connectivity index (χ1v) is 7.09. The third-order valence-corrected chi connectivity index (χ3v) is 3.84. The molecule has 21 heavy (non-hydrogen) atoms. The van der Waals surface area contributed by atoms with E-state index in [1.54, 1.807) is 25.3 Å². The van der Waals surface area contributed by atoms with Gasteiger partial charge < -0.3 is 9.88 Å². The molecule has 0 aliphatic carbocycles. The molecule has 0 aliphatic heterocycles. The SMILES string of the molecule is CC(=O)Nc1c(C)c(Br)cn(Cc2ccc(F)cc2)c1=O. The molecule has 0 spiro atoms. The lowest BCUT2D eigenvalue weighted by Gasteiger charge is -2.13. The number of nitrogens with zero attached hydrogens (tertiary/aromatic N) is 1. The molecule has 1 heterocycles. The molecule has 1 N–H and O–H groups in total. The zero-order chi connectivity index (χ0) is 15.6. The van der Waals surface area contributed by atoms with Crippen molar-refractivity contribution in [2.24, 2.45) is 0 Å². The van der Waals surface area contributed by atoms with Gasteiger partial charge in [0.2, 0.25) is 5.91 Å². The molecule has 0 fully saturated rings. The number of pyridine rings is 1. The number of carbonyl (C=O) groups is 1. The van der Waals surface area contributed by atoms with E-state index in [0.717, 1.165) is 5.56 Å². The van der Waals surface area contributed by atoms with Gasteiger partial charge in [0.15, 0.2) is 0 Å². The van der Waals surface area contributed by atoms with Crippen molar-refractivity contribution in [1.82, 2.24) is 4.57 Å². The largest absolute Gasteiger partial charge is 0.321 e. The summed E-state index contributed by atoms with van der Waals surface area (Å²) in [4.78, 5) is 23.6. The van der Waals surface area contributed by atoms with E-state index < -0.39 is 0 Å². The lowest BCUT2D eigenvalue weighted by atomic mass is 10.2. The number of hydrogen-bond acceptors (Lipinski definition) is 2. The normalized spacial score (nSPS) is 10.5. The fourth-order valence-electron chi connectivity index (χ4n) is 1.94. The van der Waals surface area contributed by atoms with E-state index in [0.29, 0.717) is 16.6 Å². The van der Waals surface area contributed by atoms with E-state index in [1.807, 2.05) is 0 Å². The molecule has 0 bridgehead atoms. The van der Waals surface area contributed by atoms with Gasteiger partial charge in [-0.3, -0.25) is 9.59 Å². The average molecular weight is 353 g/mol. The number of hydrogen-bond donors (Lipinski definition) is 1. The molecule has 110 valence electrons. The van der Waals surface area contributed by atoms with E-state index >= 15 is 0 Å². The maximum absolute atomic E-state index is 12.9. The van der Waals surface area contributed by atoms with Crippen LogP contribution in [0.4, 0.5) is 10.1 Å². The molecule has 1 aromatic heterocycles. The molecule has 2 aromatic rings. The maximum atomic E-state index is 12.9. The number of carbonyl (C=O) groups excluding carboxylic acids is 1. The van der Waals surface area contributed by atoms with Gasteiger partial charge in [-0.05, 0) is 46.1 Å². The van der Waals surface area contributed by atoms with E-state index in [-0.39, 0.29) is 23.0 Å². The van der Waals surface area contributed by atoms with E-state index in [1.165, 1.54) is 23.6 Å².